The Balaban J connectivity index is 2.09. The number of hydrogen-bond donors (Lipinski definition) is 4. The van der Waals surface area contributed by atoms with Crippen LogP contribution in [0.4, 0.5) is 0 Å². The number of amides is 1. The SMILES string of the molecule is C[C@H](C[C@@H](Cc1ccc(-c2ccccc2)cc1)NC(=O)C/C(N)=N/N)C(=O)O. The predicted octanol–water partition coefficient (Wildman–Crippen LogP) is 2.11. The molecule has 0 aliphatic rings. The van der Waals surface area contributed by atoms with Crippen LogP contribution in [0.25, 0.3) is 11.1 Å². The molecule has 0 aromatic heterocycles. The Kier molecular flexibility index (Phi) is 7.56. The van der Waals surface area contributed by atoms with Gasteiger partial charge >= 0.3 is 5.97 Å². The number of hydrazone groups is 1. The Morgan fingerprint density at radius 3 is 2.25 bits per heavy atom. The first-order chi connectivity index (χ1) is 13.4. The van der Waals surface area contributed by atoms with Crippen LogP contribution in [0.3, 0.4) is 0 Å². The minimum atomic E-state index is -0.901. The Morgan fingerprint density at radius 2 is 1.68 bits per heavy atom. The molecule has 0 heterocycles. The highest BCUT2D eigenvalue weighted by Gasteiger charge is 2.21. The number of benzene rings is 2. The molecule has 0 spiro atoms. The largest absolute Gasteiger partial charge is 0.481 e. The van der Waals surface area contributed by atoms with Gasteiger partial charge in [-0.1, -0.05) is 61.5 Å². The number of carboxylic acid groups (broad SMARTS) is 1. The highest BCUT2D eigenvalue weighted by Crippen LogP contribution is 2.20. The number of rotatable bonds is 9. The summed E-state index contributed by atoms with van der Waals surface area (Å²) in [7, 11) is 0. The van der Waals surface area contributed by atoms with E-state index >= 15 is 0 Å². The van der Waals surface area contributed by atoms with E-state index in [4.69, 9.17) is 11.6 Å². The quantitative estimate of drug-likeness (QED) is 0.228. The van der Waals surface area contributed by atoms with Crippen molar-refractivity contribution < 1.29 is 14.7 Å². The van der Waals surface area contributed by atoms with Gasteiger partial charge < -0.3 is 22.0 Å². The summed E-state index contributed by atoms with van der Waals surface area (Å²) in [5, 5.41) is 15.3. The Bertz CT molecular complexity index is 819. The molecule has 0 aliphatic heterocycles. The molecule has 6 N–H and O–H groups in total. The van der Waals surface area contributed by atoms with Crippen LogP contribution < -0.4 is 16.9 Å². The zero-order valence-corrected chi connectivity index (χ0v) is 15.8. The van der Waals surface area contributed by atoms with Gasteiger partial charge in [-0.05, 0) is 29.5 Å². The zero-order valence-electron chi connectivity index (χ0n) is 15.8. The van der Waals surface area contributed by atoms with E-state index in [1.54, 1.807) is 6.92 Å². The fourth-order valence-corrected chi connectivity index (χ4v) is 2.96. The first-order valence-corrected chi connectivity index (χ1v) is 9.07. The lowest BCUT2D eigenvalue weighted by Gasteiger charge is -2.21. The number of nitrogens with one attached hydrogen (secondary N) is 1. The molecule has 0 unspecified atom stereocenters. The van der Waals surface area contributed by atoms with Crippen molar-refractivity contribution in [3.05, 3.63) is 60.2 Å². The lowest BCUT2D eigenvalue weighted by atomic mass is 9.95. The van der Waals surface area contributed by atoms with E-state index < -0.39 is 11.9 Å². The van der Waals surface area contributed by atoms with Gasteiger partial charge in [0, 0.05) is 6.04 Å². The van der Waals surface area contributed by atoms with E-state index in [9.17, 15) is 14.7 Å². The standard InChI is InChI=1S/C21H26N4O3/c1-14(21(27)28)11-18(24-20(26)13-19(22)25-23)12-15-7-9-17(10-8-15)16-5-3-2-4-6-16/h2-10,14,18H,11-13,23H2,1H3,(H2,22,25)(H,24,26)(H,27,28)/t14-,18+/m1/s1. The minimum Gasteiger partial charge on any atom is -0.481 e. The number of amidine groups is 1. The van der Waals surface area contributed by atoms with Crippen LogP contribution in [-0.2, 0) is 16.0 Å². The van der Waals surface area contributed by atoms with Crippen molar-refractivity contribution in [2.75, 3.05) is 0 Å². The van der Waals surface area contributed by atoms with Crippen molar-refractivity contribution in [2.24, 2.45) is 22.6 Å². The van der Waals surface area contributed by atoms with Gasteiger partial charge in [0.05, 0.1) is 12.3 Å². The molecule has 2 aromatic carbocycles. The number of carboxylic acids is 1. The number of carbonyl (C=O) groups excluding carboxylic acids is 1. The van der Waals surface area contributed by atoms with Crippen molar-refractivity contribution in [3.8, 4) is 11.1 Å². The van der Waals surface area contributed by atoms with Crippen LogP contribution in [0.5, 0.6) is 0 Å². The van der Waals surface area contributed by atoms with Gasteiger partial charge in [-0.25, -0.2) is 0 Å². The van der Waals surface area contributed by atoms with Gasteiger partial charge in [0.25, 0.3) is 0 Å². The molecular formula is C21H26N4O3. The molecule has 0 radical (unpaired) electrons. The maximum Gasteiger partial charge on any atom is 0.306 e. The van der Waals surface area contributed by atoms with E-state index in [-0.39, 0.29) is 24.2 Å². The van der Waals surface area contributed by atoms with Gasteiger partial charge in [-0.2, -0.15) is 5.10 Å². The molecular weight excluding hydrogens is 356 g/mol. The van der Waals surface area contributed by atoms with E-state index in [0.29, 0.717) is 12.8 Å². The molecule has 2 atom stereocenters. The molecule has 2 aromatic rings. The second-order valence-corrected chi connectivity index (χ2v) is 6.80. The van der Waals surface area contributed by atoms with E-state index in [1.165, 1.54) is 0 Å². The van der Waals surface area contributed by atoms with Crippen molar-refractivity contribution in [3.63, 3.8) is 0 Å². The first kappa shape index (κ1) is 21.0. The van der Waals surface area contributed by atoms with Crippen LogP contribution >= 0.6 is 0 Å². The van der Waals surface area contributed by atoms with Crippen LogP contribution in [0.1, 0.15) is 25.3 Å². The molecule has 148 valence electrons. The average molecular weight is 382 g/mol. The molecule has 0 aliphatic carbocycles. The summed E-state index contributed by atoms with van der Waals surface area (Å²) in [6.07, 6.45) is 0.695. The molecule has 28 heavy (non-hydrogen) atoms. The van der Waals surface area contributed by atoms with E-state index in [0.717, 1.165) is 16.7 Å². The number of aliphatic carboxylic acids is 1. The molecule has 7 nitrogen and oxygen atoms in total. The minimum absolute atomic E-state index is 0.0229. The summed E-state index contributed by atoms with van der Waals surface area (Å²) < 4.78 is 0. The number of hydrogen-bond acceptors (Lipinski definition) is 4. The van der Waals surface area contributed by atoms with Crippen molar-refractivity contribution in [1.29, 1.82) is 0 Å². The predicted molar refractivity (Wildman–Crippen MR) is 109 cm³/mol. The van der Waals surface area contributed by atoms with Crippen LogP contribution in [-0.4, -0.2) is 28.9 Å². The fraction of sp³-hybridized carbons (Fsp3) is 0.286. The van der Waals surface area contributed by atoms with Gasteiger partial charge in [0.15, 0.2) is 0 Å². The normalized spacial score (nSPS) is 13.5. The maximum atomic E-state index is 12.1. The van der Waals surface area contributed by atoms with Gasteiger partial charge in [0.2, 0.25) is 5.91 Å². The topological polar surface area (TPSA) is 131 Å². The Labute approximate surface area is 164 Å². The Hall–Kier alpha value is -3.35. The summed E-state index contributed by atoms with van der Waals surface area (Å²) in [5.74, 6) is 3.26. The molecule has 0 bridgehead atoms. The highest BCUT2D eigenvalue weighted by atomic mass is 16.4. The number of nitrogens with two attached hydrogens (primary N) is 2. The fourth-order valence-electron chi connectivity index (χ4n) is 2.96. The molecule has 0 saturated heterocycles. The molecule has 1 amide bonds. The first-order valence-electron chi connectivity index (χ1n) is 9.07. The molecule has 7 heteroatoms. The molecule has 0 fully saturated rings. The summed E-state index contributed by atoms with van der Waals surface area (Å²) in [6, 6.07) is 17.7. The van der Waals surface area contributed by atoms with Crippen LogP contribution in [0, 0.1) is 5.92 Å². The smallest absolute Gasteiger partial charge is 0.306 e. The lowest BCUT2D eigenvalue weighted by molar-refractivity contribution is -0.141. The van der Waals surface area contributed by atoms with Gasteiger partial charge in [-0.15, -0.1) is 0 Å². The summed E-state index contributed by atoms with van der Waals surface area (Å²) >= 11 is 0. The molecule has 2 rings (SSSR count). The van der Waals surface area contributed by atoms with Gasteiger partial charge in [0.1, 0.15) is 5.84 Å². The van der Waals surface area contributed by atoms with Crippen LogP contribution in [0.15, 0.2) is 59.7 Å². The highest BCUT2D eigenvalue weighted by molar-refractivity contribution is 5.98. The van der Waals surface area contributed by atoms with Crippen molar-refractivity contribution in [1.82, 2.24) is 5.32 Å². The lowest BCUT2D eigenvalue weighted by Crippen LogP contribution is -2.40. The summed E-state index contributed by atoms with van der Waals surface area (Å²) in [6.45, 7) is 1.62. The third-order valence-corrected chi connectivity index (χ3v) is 4.48. The van der Waals surface area contributed by atoms with Crippen molar-refractivity contribution >= 4 is 17.7 Å². The number of carbonyl (C=O) groups is 2. The number of nitrogens with zero attached hydrogens (tertiary/aromatic N) is 1. The second-order valence-electron chi connectivity index (χ2n) is 6.80. The monoisotopic (exact) mass is 382 g/mol. The van der Waals surface area contributed by atoms with Crippen molar-refractivity contribution in [2.45, 2.75) is 32.2 Å². The maximum absolute atomic E-state index is 12.1. The second kappa shape index (κ2) is 10.1. The van der Waals surface area contributed by atoms with Crippen LogP contribution in [0.2, 0.25) is 0 Å². The zero-order chi connectivity index (χ0) is 20.5. The average Bonchev–Trinajstić information content (AvgIpc) is 2.68. The van der Waals surface area contributed by atoms with Gasteiger partial charge in [-0.3, -0.25) is 9.59 Å². The molecule has 0 saturated carbocycles. The summed E-state index contributed by atoms with van der Waals surface area (Å²) in [5.41, 5.74) is 8.71. The van der Waals surface area contributed by atoms with E-state index in [1.807, 2.05) is 54.6 Å². The van der Waals surface area contributed by atoms with E-state index in [2.05, 4.69) is 10.4 Å². The Morgan fingerprint density at radius 1 is 1.07 bits per heavy atom. The third kappa shape index (κ3) is 6.42. The summed E-state index contributed by atoms with van der Waals surface area (Å²) in [4.78, 5) is 23.4. The third-order valence-electron chi connectivity index (χ3n) is 4.48.